The van der Waals surface area contributed by atoms with Crippen LogP contribution in [-0.4, -0.2) is 52.5 Å². The van der Waals surface area contributed by atoms with Gasteiger partial charge in [0.15, 0.2) is 5.82 Å². The van der Waals surface area contributed by atoms with E-state index in [0.29, 0.717) is 11.7 Å². The van der Waals surface area contributed by atoms with E-state index in [-0.39, 0.29) is 29.6 Å². The molecule has 1 spiro atoms. The third kappa shape index (κ3) is 3.74. The molecule has 1 amide bonds. The van der Waals surface area contributed by atoms with E-state index in [2.05, 4.69) is 22.1 Å². The number of aromatic nitrogens is 2. The van der Waals surface area contributed by atoms with Gasteiger partial charge in [0.2, 0.25) is 11.8 Å². The summed E-state index contributed by atoms with van der Waals surface area (Å²) in [6, 6.07) is 6.44. The summed E-state index contributed by atoms with van der Waals surface area (Å²) in [5, 5.41) is 3.92. The smallest absolute Gasteiger partial charge is 0.243 e. The average molecular weight is 372 g/mol. The molecular weight excluding hydrogens is 347 g/mol. The van der Waals surface area contributed by atoms with E-state index in [1.807, 2.05) is 11.8 Å². The Labute approximate surface area is 158 Å². The van der Waals surface area contributed by atoms with Gasteiger partial charge >= 0.3 is 0 Å². The molecule has 4 rings (SSSR count). The second-order valence-electron chi connectivity index (χ2n) is 8.00. The molecule has 2 fully saturated rings. The van der Waals surface area contributed by atoms with Crippen LogP contribution in [0.4, 0.5) is 4.39 Å². The molecule has 1 aromatic carbocycles. The molecule has 0 N–H and O–H groups in total. The lowest BCUT2D eigenvalue weighted by Crippen LogP contribution is -2.44. The number of likely N-dealkylation sites (tertiary alicyclic amines) is 2. The topological polar surface area (TPSA) is 62.5 Å². The molecule has 2 aliphatic rings. The lowest BCUT2D eigenvalue weighted by Gasteiger charge is -2.39. The molecule has 2 aromatic rings. The van der Waals surface area contributed by atoms with Crippen LogP contribution in [0.3, 0.4) is 0 Å². The first-order valence-corrected chi connectivity index (χ1v) is 9.47. The number of hydrogen-bond donors (Lipinski definition) is 0. The van der Waals surface area contributed by atoms with Gasteiger partial charge in [-0.15, -0.1) is 0 Å². The van der Waals surface area contributed by atoms with Crippen LogP contribution < -0.4 is 0 Å². The number of benzene rings is 1. The Balaban J connectivity index is 1.36. The molecule has 1 aromatic heterocycles. The van der Waals surface area contributed by atoms with E-state index in [9.17, 15) is 9.18 Å². The number of aryl methyl sites for hydroxylation is 1. The highest BCUT2D eigenvalue weighted by atomic mass is 19.1. The van der Waals surface area contributed by atoms with Crippen molar-refractivity contribution in [1.29, 1.82) is 0 Å². The van der Waals surface area contributed by atoms with E-state index in [1.54, 1.807) is 12.1 Å². The Morgan fingerprint density at radius 1 is 1.37 bits per heavy atom. The van der Waals surface area contributed by atoms with Crippen LogP contribution in [-0.2, 0) is 11.2 Å². The number of rotatable bonds is 3. The SMILES string of the molecule is Cc1noc(C2CC3(CCN(C(=O)Cc4cccc(F)c4)CC3)CN2C)n1. The summed E-state index contributed by atoms with van der Waals surface area (Å²) in [7, 11) is 2.10. The maximum absolute atomic E-state index is 13.3. The van der Waals surface area contributed by atoms with Crippen molar-refractivity contribution in [3.63, 3.8) is 0 Å². The first-order valence-electron chi connectivity index (χ1n) is 9.47. The van der Waals surface area contributed by atoms with Gasteiger partial charge in [-0.1, -0.05) is 17.3 Å². The van der Waals surface area contributed by atoms with Gasteiger partial charge in [0.25, 0.3) is 0 Å². The molecule has 2 saturated heterocycles. The highest BCUT2D eigenvalue weighted by Gasteiger charge is 2.46. The molecule has 0 bridgehead atoms. The van der Waals surface area contributed by atoms with Crippen molar-refractivity contribution in [3.05, 3.63) is 47.4 Å². The van der Waals surface area contributed by atoms with Gasteiger partial charge < -0.3 is 9.42 Å². The zero-order valence-corrected chi connectivity index (χ0v) is 15.8. The van der Waals surface area contributed by atoms with Crippen LogP contribution in [0.5, 0.6) is 0 Å². The number of halogens is 1. The minimum absolute atomic E-state index is 0.0749. The molecular formula is C20H25FN4O2. The number of carbonyl (C=O) groups is 1. The molecule has 6 nitrogen and oxygen atoms in total. The van der Waals surface area contributed by atoms with Crippen LogP contribution in [0.1, 0.15) is 42.6 Å². The van der Waals surface area contributed by atoms with Gasteiger partial charge in [-0.05, 0) is 56.3 Å². The Morgan fingerprint density at radius 2 is 2.15 bits per heavy atom. The molecule has 0 radical (unpaired) electrons. The first kappa shape index (κ1) is 18.1. The summed E-state index contributed by atoms with van der Waals surface area (Å²) in [6.45, 7) is 4.31. The summed E-state index contributed by atoms with van der Waals surface area (Å²) in [4.78, 5) is 21.2. The van der Waals surface area contributed by atoms with Crippen molar-refractivity contribution in [1.82, 2.24) is 19.9 Å². The van der Waals surface area contributed by atoms with Crippen LogP contribution in [0.25, 0.3) is 0 Å². The number of hydrogen-bond acceptors (Lipinski definition) is 5. The summed E-state index contributed by atoms with van der Waals surface area (Å²) >= 11 is 0. The molecule has 1 atom stereocenters. The fourth-order valence-electron chi connectivity index (χ4n) is 4.52. The van der Waals surface area contributed by atoms with Crippen molar-refractivity contribution in [2.75, 3.05) is 26.7 Å². The zero-order valence-electron chi connectivity index (χ0n) is 15.8. The van der Waals surface area contributed by atoms with Crippen LogP contribution in [0.15, 0.2) is 28.8 Å². The van der Waals surface area contributed by atoms with E-state index < -0.39 is 0 Å². The lowest BCUT2D eigenvalue weighted by molar-refractivity contribution is -0.132. The van der Waals surface area contributed by atoms with Crippen LogP contribution in [0, 0.1) is 18.2 Å². The molecule has 7 heteroatoms. The maximum atomic E-state index is 13.3. The third-order valence-corrected chi connectivity index (χ3v) is 5.99. The number of nitrogens with zero attached hydrogens (tertiary/aromatic N) is 4. The number of piperidine rings is 1. The second kappa shape index (κ2) is 7.03. The molecule has 1 unspecified atom stereocenters. The highest BCUT2D eigenvalue weighted by molar-refractivity contribution is 5.78. The van der Waals surface area contributed by atoms with Gasteiger partial charge in [0.05, 0.1) is 12.5 Å². The summed E-state index contributed by atoms with van der Waals surface area (Å²) in [5.74, 6) is 1.13. The minimum Gasteiger partial charge on any atom is -0.342 e. The standard InChI is InChI=1S/C20H25FN4O2/c1-14-22-19(27-23-14)17-12-20(13-24(17)2)6-8-25(9-7-20)18(26)11-15-4-3-5-16(21)10-15/h3-5,10,17H,6-9,11-13H2,1-2H3. The second-order valence-corrected chi connectivity index (χ2v) is 8.00. The number of carbonyl (C=O) groups excluding carboxylic acids is 1. The van der Waals surface area contributed by atoms with Crippen molar-refractivity contribution < 1.29 is 13.7 Å². The maximum Gasteiger partial charge on any atom is 0.243 e. The molecule has 0 saturated carbocycles. The van der Waals surface area contributed by atoms with E-state index >= 15 is 0 Å². The van der Waals surface area contributed by atoms with Gasteiger partial charge in [-0.25, -0.2) is 4.39 Å². The molecule has 3 heterocycles. The summed E-state index contributed by atoms with van der Waals surface area (Å²) in [5.41, 5.74) is 0.921. The third-order valence-electron chi connectivity index (χ3n) is 5.99. The van der Waals surface area contributed by atoms with Crippen LogP contribution in [0.2, 0.25) is 0 Å². The fraction of sp³-hybridized carbons (Fsp3) is 0.550. The van der Waals surface area contributed by atoms with E-state index in [4.69, 9.17) is 4.52 Å². The summed E-state index contributed by atoms with van der Waals surface area (Å²) in [6.07, 6.45) is 3.18. The van der Waals surface area contributed by atoms with E-state index in [0.717, 1.165) is 44.5 Å². The monoisotopic (exact) mass is 372 g/mol. The van der Waals surface area contributed by atoms with Crippen molar-refractivity contribution in [3.8, 4) is 0 Å². The quantitative estimate of drug-likeness (QED) is 0.829. The van der Waals surface area contributed by atoms with Crippen molar-refractivity contribution in [2.24, 2.45) is 5.41 Å². The predicted molar refractivity (Wildman–Crippen MR) is 97.4 cm³/mol. The highest BCUT2D eigenvalue weighted by Crippen LogP contribution is 2.47. The van der Waals surface area contributed by atoms with Crippen molar-refractivity contribution >= 4 is 5.91 Å². The molecule has 27 heavy (non-hydrogen) atoms. The largest absolute Gasteiger partial charge is 0.342 e. The lowest BCUT2D eigenvalue weighted by atomic mass is 9.76. The molecule has 0 aliphatic carbocycles. The molecule has 2 aliphatic heterocycles. The van der Waals surface area contributed by atoms with Gasteiger partial charge in [0.1, 0.15) is 5.82 Å². The number of amides is 1. The predicted octanol–water partition coefficient (Wildman–Crippen LogP) is 2.75. The Morgan fingerprint density at radius 3 is 2.81 bits per heavy atom. The normalized spacial score (nSPS) is 22.5. The Kier molecular flexibility index (Phi) is 4.72. The molecule has 144 valence electrons. The van der Waals surface area contributed by atoms with Gasteiger partial charge in [-0.2, -0.15) is 4.98 Å². The Bertz CT molecular complexity index is 829. The minimum atomic E-state index is -0.297. The average Bonchev–Trinajstić information content (AvgIpc) is 3.19. The zero-order chi connectivity index (χ0) is 19.0. The van der Waals surface area contributed by atoms with E-state index in [1.165, 1.54) is 12.1 Å². The van der Waals surface area contributed by atoms with Gasteiger partial charge in [-0.3, -0.25) is 9.69 Å². The van der Waals surface area contributed by atoms with Crippen molar-refractivity contribution in [2.45, 2.75) is 38.6 Å². The van der Waals surface area contributed by atoms with Crippen LogP contribution >= 0.6 is 0 Å². The Hall–Kier alpha value is -2.28. The first-order chi connectivity index (χ1) is 12.9. The fourth-order valence-corrected chi connectivity index (χ4v) is 4.52. The summed E-state index contributed by atoms with van der Waals surface area (Å²) < 4.78 is 18.7. The van der Waals surface area contributed by atoms with Gasteiger partial charge in [0, 0.05) is 19.6 Å².